The second kappa shape index (κ2) is 11.4. The Hall–Kier alpha value is -3.36. The van der Waals surface area contributed by atoms with Gasteiger partial charge < -0.3 is 10.2 Å². The zero-order valence-corrected chi connectivity index (χ0v) is 22.8. The van der Waals surface area contributed by atoms with E-state index in [1.807, 2.05) is 84.6 Å². The lowest BCUT2D eigenvalue weighted by molar-refractivity contribution is -0.135. The third kappa shape index (κ3) is 6.14. The van der Waals surface area contributed by atoms with E-state index in [-0.39, 0.29) is 36.1 Å². The van der Waals surface area contributed by atoms with Gasteiger partial charge in [-0.2, -0.15) is 0 Å². The molecule has 1 aromatic heterocycles. The SMILES string of the molecule is C[C@@H](c1ccccc1)N(CCC(=O)Nc1nnc(-c2cccc(Br)c2)s1)C(=O)[C@@H]1C[C@H]1c1ccccc1. The quantitative estimate of drug-likeness (QED) is 0.241. The number of halogens is 1. The van der Waals surface area contributed by atoms with Gasteiger partial charge in [0.05, 0.1) is 6.04 Å². The van der Waals surface area contributed by atoms with E-state index in [9.17, 15) is 9.59 Å². The number of hydrogen-bond donors (Lipinski definition) is 1. The van der Waals surface area contributed by atoms with Crippen LogP contribution >= 0.6 is 27.3 Å². The monoisotopic (exact) mass is 574 g/mol. The fraction of sp³-hybridized carbons (Fsp3) is 0.241. The van der Waals surface area contributed by atoms with Gasteiger partial charge >= 0.3 is 0 Å². The summed E-state index contributed by atoms with van der Waals surface area (Å²) in [4.78, 5) is 28.3. The van der Waals surface area contributed by atoms with E-state index in [4.69, 9.17) is 0 Å². The standard InChI is InChI=1S/C29H27BrN4O2S/c1-19(20-9-4-2-5-10-20)34(28(36)25-18-24(25)21-11-6-3-7-12-21)16-15-26(35)31-29-33-32-27(37-29)22-13-8-14-23(30)17-22/h2-14,17,19,24-25H,15-16,18H2,1H3,(H,31,33,35)/t19-,24-,25+/m0/s1. The number of aromatic nitrogens is 2. The molecular weight excluding hydrogens is 548 g/mol. The van der Waals surface area contributed by atoms with Crippen molar-refractivity contribution in [1.29, 1.82) is 0 Å². The van der Waals surface area contributed by atoms with Gasteiger partial charge in [-0.3, -0.25) is 9.59 Å². The maximum Gasteiger partial charge on any atom is 0.227 e. The molecule has 0 spiro atoms. The van der Waals surface area contributed by atoms with E-state index < -0.39 is 0 Å². The van der Waals surface area contributed by atoms with E-state index in [1.54, 1.807) is 0 Å². The van der Waals surface area contributed by atoms with Crippen molar-refractivity contribution >= 4 is 44.2 Å². The normalized spacial score (nSPS) is 17.1. The maximum atomic E-state index is 13.6. The van der Waals surface area contributed by atoms with Crippen LogP contribution in [0.1, 0.15) is 42.9 Å². The molecule has 4 aromatic rings. The molecule has 1 aliphatic carbocycles. The Morgan fingerprint density at radius 2 is 1.76 bits per heavy atom. The highest BCUT2D eigenvalue weighted by Gasteiger charge is 2.46. The molecule has 2 amide bonds. The number of rotatable bonds is 9. The number of nitrogens with one attached hydrogen (secondary N) is 1. The van der Waals surface area contributed by atoms with Crippen LogP contribution in [0.25, 0.3) is 10.6 Å². The van der Waals surface area contributed by atoms with Crippen LogP contribution in [0.4, 0.5) is 5.13 Å². The molecular formula is C29H27BrN4O2S. The Bertz CT molecular complexity index is 1380. The lowest BCUT2D eigenvalue weighted by Crippen LogP contribution is -2.37. The molecule has 5 rings (SSSR count). The highest BCUT2D eigenvalue weighted by atomic mass is 79.9. The summed E-state index contributed by atoms with van der Waals surface area (Å²) in [6, 6.07) is 27.8. The number of nitrogens with zero attached hydrogens (tertiary/aromatic N) is 3. The topological polar surface area (TPSA) is 75.2 Å². The van der Waals surface area contributed by atoms with Crippen molar-refractivity contribution in [2.75, 3.05) is 11.9 Å². The summed E-state index contributed by atoms with van der Waals surface area (Å²) in [6.07, 6.45) is 1.02. The van der Waals surface area contributed by atoms with Crippen molar-refractivity contribution in [3.05, 3.63) is 101 Å². The van der Waals surface area contributed by atoms with Crippen LogP contribution in [0.15, 0.2) is 89.4 Å². The van der Waals surface area contributed by atoms with Crippen LogP contribution in [0.2, 0.25) is 0 Å². The lowest BCUT2D eigenvalue weighted by atomic mass is 10.0. The lowest BCUT2D eigenvalue weighted by Gasteiger charge is -2.30. The minimum Gasteiger partial charge on any atom is -0.335 e. The summed E-state index contributed by atoms with van der Waals surface area (Å²) in [6.45, 7) is 2.36. The van der Waals surface area contributed by atoms with E-state index >= 15 is 0 Å². The smallest absolute Gasteiger partial charge is 0.227 e. The van der Waals surface area contributed by atoms with Gasteiger partial charge in [-0.1, -0.05) is 100 Å². The molecule has 0 bridgehead atoms. The van der Waals surface area contributed by atoms with Crippen molar-refractivity contribution in [1.82, 2.24) is 15.1 Å². The highest BCUT2D eigenvalue weighted by molar-refractivity contribution is 9.10. The van der Waals surface area contributed by atoms with Crippen LogP contribution in [0.5, 0.6) is 0 Å². The molecule has 1 N–H and O–H groups in total. The van der Waals surface area contributed by atoms with Gasteiger partial charge in [0.1, 0.15) is 5.01 Å². The molecule has 0 aliphatic heterocycles. The number of carbonyl (C=O) groups excluding carboxylic acids is 2. The van der Waals surface area contributed by atoms with Crippen LogP contribution in [0.3, 0.4) is 0 Å². The molecule has 3 atom stereocenters. The Balaban J connectivity index is 1.25. The Morgan fingerprint density at radius 3 is 2.49 bits per heavy atom. The third-order valence-electron chi connectivity index (χ3n) is 6.69. The van der Waals surface area contributed by atoms with Gasteiger partial charge in [-0.15, -0.1) is 10.2 Å². The zero-order valence-electron chi connectivity index (χ0n) is 20.4. The molecule has 0 radical (unpaired) electrons. The van der Waals surface area contributed by atoms with Crippen molar-refractivity contribution in [2.45, 2.75) is 31.7 Å². The molecule has 37 heavy (non-hydrogen) atoms. The molecule has 1 aliphatic rings. The van der Waals surface area contributed by atoms with Crippen molar-refractivity contribution in [3.63, 3.8) is 0 Å². The van der Waals surface area contributed by atoms with Gasteiger partial charge in [0, 0.05) is 28.9 Å². The predicted octanol–water partition coefficient (Wildman–Crippen LogP) is 6.69. The fourth-order valence-electron chi connectivity index (χ4n) is 4.57. The minimum absolute atomic E-state index is 0.0486. The first kappa shape index (κ1) is 25.3. The number of benzene rings is 3. The average Bonchev–Trinajstić information content (AvgIpc) is 3.60. The number of hydrogen-bond acceptors (Lipinski definition) is 5. The summed E-state index contributed by atoms with van der Waals surface area (Å²) in [5.74, 6) is 0.106. The average molecular weight is 576 g/mol. The van der Waals surface area contributed by atoms with Crippen LogP contribution in [-0.2, 0) is 9.59 Å². The summed E-state index contributed by atoms with van der Waals surface area (Å²) < 4.78 is 0.952. The molecule has 3 aromatic carbocycles. The predicted molar refractivity (Wildman–Crippen MR) is 150 cm³/mol. The van der Waals surface area contributed by atoms with Crippen molar-refractivity contribution in [2.24, 2.45) is 5.92 Å². The van der Waals surface area contributed by atoms with E-state index in [0.29, 0.717) is 11.7 Å². The second-order valence-electron chi connectivity index (χ2n) is 9.20. The molecule has 6 nitrogen and oxygen atoms in total. The Morgan fingerprint density at radius 1 is 1.03 bits per heavy atom. The summed E-state index contributed by atoms with van der Waals surface area (Å²) in [5.41, 5.74) is 3.18. The first-order valence-corrected chi connectivity index (χ1v) is 13.9. The van der Waals surface area contributed by atoms with Crippen LogP contribution in [-0.4, -0.2) is 33.5 Å². The van der Waals surface area contributed by atoms with E-state index in [2.05, 4.69) is 43.6 Å². The largest absolute Gasteiger partial charge is 0.335 e. The van der Waals surface area contributed by atoms with Crippen LogP contribution < -0.4 is 5.32 Å². The summed E-state index contributed by atoms with van der Waals surface area (Å²) >= 11 is 4.79. The number of anilines is 1. The number of carbonyl (C=O) groups is 2. The third-order valence-corrected chi connectivity index (χ3v) is 8.07. The first-order chi connectivity index (χ1) is 18.0. The first-order valence-electron chi connectivity index (χ1n) is 12.3. The van der Waals surface area contributed by atoms with E-state index in [0.717, 1.165) is 27.0 Å². The number of amides is 2. The van der Waals surface area contributed by atoms with Gasteiger partial charge in [0.2, 0.25) is 16.9 Å². The molecule has 0 unspecified atom stereocenters. The summed E-state index contributed by atoms with van der Waals surface area (Å²) in [5, 5.41) is 12.4. The van der Waals surface area contributed by atoms with Gasteiger partial charge in [-0.05, 0) is 42.5 Å². The molecule has 1 saturated carbocycles. The summed E-state index contributed by atoms with van der Waals surface area (Å²) in [7, 11) is 0. The van der Waals surface area contributed by atoms with Gasteiger partial charge in [0.25, 0.3) is 0 Å². The fourth-order valence-corrected chi connectivity index (χ4v) is 5.73. The zero-order chi connectivity index (χ0) is 25.8. The van der Waals surface area contributed by atoms with Crippen LogP contribution in [0, 0.1) is 5.92 Å². The van der Waals surface area contributed by atoms with Gasteiger partial charge in [-0.25, -0.2) is 0 Å². The minimum atomic E-state index is -0.189. The molecule has 1 fully saturated rings. The van der Waals surface area contributed by atoms with Crippen molar-refractivity contribution < 1.29 is 9.59 Å². The molecule has 1 heterocycles. The Kier molecular flexibility index (Phi) is 7.76. The van der Waals surface area contributed by atoms with E-state index in [1.165, 1.54) is 16.9 Å². The Labute approximate surface area is 228 Å². The molecule has 0 saturated heterocycles. The highest BCUT2D eigenvalue weighted by Crippen LogP contribution is 2.49. The second-order valence-corrected chi connectivity index (χ2v) is 11.1. The molecule has 8 heteroatoms. The van der Waals surface area contributed by atoms with Gasteiger partial charge in [0.15, 0.2) is 0 Å². The van der Waals surface area contributed by atoms with Crippen molar-refractivity contribution in [3.8, 4) is 10.6 Å². The maximum absolute atomic E-state index is 13.6. The molecule has 188 valence electrons.